The Morgan fingerprint density at radius 2 is 2.24 bits per heavy atom. The highest BCUT2D eigenvalue weighted by Crippen LogP contribution is 2.20. The molecule has 0 bridgehead atoms. The Morgan fingerprint density at radius 3 is 2.71 bits per heavy atom. The van der Waals surface area contributed by atoms with Crippen LogP contribution in [0.15, 0.2) is 6.07 Å². The third kappa shape index (κ3) is 3.46. The third-order valence-corrected chi connectivity index (χ3v) is 3.16. The average Bonchev–Trinajstić information content (AvgIpc) is 3.00. The number of hydrogen-bond acceptors (Lipinski definition) is 3. The first-order valence-electron chi connectivity index (χ1n) is 6.47. The van der Waals surface area contributed by atoms with Gasteiger partial charge in [-0.2, -0.15) is 5.10 Å². The van der Waals surface area contributed by atoms with E-state index in [4.69, 9.17) is 4.74 Å². The summed E-state index contributed by atoms with van der Waals surface area (Å²) in [6, 6.07) is 2.72. The van der Waals surface area contributed by atoms with Crippen molar-refractivity contribution in [3.8, 4) is 5.88 Å². The molecule has 1 aliphatic rings. The van der Waals surface area contributed by atoms with Crippen LogP contribution in [0.3, 0.4) is 0 Å². The molecule has 96 valence electrons. The Kier molecular flexibility index (Phi) is 3.72. The molecule has 0 aromatic carbocycles. The van der Waals surface area contributed by atoms with Crippen molar-refractivity contribution in [1.82, 2.24) is 15.1 Å². The number of nitrogens with one attached hydrogen (secondary N) is 1. The van der Waals surface area contributed by atoms with Gasteiger partial charge in [0, 0.05) is 25.7 Å². The van der Waals surface area contributed by atoms with Crippen molar-refractivity contribution >= 4 is 0 Å². The van der Waals surface area contributed by atoms with E-state index in [1.807, 2.05) is 24.7 Å². The monoisotopic (exact) mass is 237 g/mol. The summed E-state index contributed by atoms with van der Waals surface area (Å²) in [5.74, 6) is 1.36. The molecule has 0 radical (unpaired) electrons. The van der Waals surface area contributed by atoms with E-state index in [1.54, 1.807) is 0 Å². The number of aromatic nitrogens is 2. The summed E-state index contributed by atoms with van der Waals surface area (Å²) in [5.41, 5.74) is 1.00. The maximum Gasteiger partial charge on any atom is 0.212 e. The van der Waals surface area contributed by atoms with Crippen molar-refractivity contribution < 1.29 is 4.74 Å². The maximum absolute atomic E-state index is 6.04. The van der Waals surface area contributed by atoms with Crippen LogP contribution in [0.5, 0.6) is 5.88 Å². The van der Waals surface area contributed by atoms with E-state index in [0.717, 1.165) is 24.2 Å². The summed E-state index contributed by atoms with van der Waals surface area (Å²) in [4.78, 5) is 0. The molecule has 1 atom stereocenters. The Balaban J connectivity index is 1.93. The van der Waals surface area contributed by atoms with Gasteiger partial charge in [0.15, 0.2) is 0 Å². The third-order valence-electron chi connectivity index (χ3n) is 3.16. The average molecular weight is 237 g/mol. The molecule has 4 nitrogen and oxygen atoms in total. The Labute approximate surface area is 103 Å². The van der Waals surface area contributed by atoms with Crippen LogP contribution >= 0.6 is 0 Å². The van der Waals surface area contributed by atoms with Gasteiger partial charge in [-0.1, -0.05) is 13.8 Å². The van der Waals surface area contributed by atoms with Crippen molar-refractivity contribution in [2.45, 2.75) is 45.8 Å². The second-order valence-corrected chi connectivity index (χ2v) is 5.33. The minimum absolute atomic E-state index is 0.213. The fourth-order valence-electron chi connectivity index (χ4n) is 1.84. The zero-order valence-electron chi connectivity index (χ0n) is 11.2. The zero-order valence-corrected chi connectivity index (χ0v) is 11.2. The van der Waals surface area contributed by atoms with Crippen LogP contribution in [0, 0.1) is 12.8 Å². The molecule has 4 heteroatoms. The lowest BCUT2D eigenvalue weighted by molar-refractivity contribution is 0.136. The molecule has 1 aliphatic carbocycles. The summed E-state index contributed by atoms with van der Waals surface area (Å²) in [7, 11) is 1.92. The van der Waals surface area contributed by atoms with Crippen molar-refractivity contribution in [1.29, 1.82) is 0 Å². The smallest absolute Gasteiger partial charge is 0.212 e. The van der Waals surface area contributed by atoms with Gasteiger partial charge in [0.1, 0.15) is 6.10 Å². The second-order valence-electron chi connectivity index (χ2n) is 5.33. The van der Waals surface area contributed by atoms with E-state index in [9.17, 15) is 0 Å². The Bertz CT molecular complexity index is 369. The van der Waals surface area contributed by atoms with Gasteiger partial charge in [0.2, 0.25) is 5.88 Å². The van der Waals surface area contributed by atoms with E-state index in [-0.39, 0.29) is 6.10 Å². The van der Waals surface area contributed by atoms with Crippen LogP contribution in [0.1, 0.15) is 32.4 Å². The first kappa shape index (κ1) is 12.4. The minimum Gasteiger partial charge on any atom is -0.473 e. The molecule has 1 heterocycles. The quantitative estimate of drug-likeness (QED) is 0.821. The van der Waals surface area contributed by atoms with E-state index >= 15 is 0 Å². The molecule has 1 unspecified atom stereocenters. The first-order chi connectivity index (χ1) is 8.06. The van der Waals surface area contributed by atoms with E-state index in [2.05, 4.69) is 24.3 Å². The van der Waals surface area contributed by atoms with Gasteiger partial charge in [-0.25, -0.2) is 4.68 Å². The van der Waals surface area contributed by atoms with Gasteiger partial charge < -0.3 is 10.1 Å². The largest absolute Gasteiger partial charge is 0.473 e. The molecule has 0 saturated heterocycles. The fourth-order valence-corrected chi connectivity index (χ4v) is 1.84. The summed E-state index contributed by atoms with van der Waals surface area (Å²) in [5, 5.41) is 7.83. The van der Waals surface area contributed by atoms with Crippen molar-refractivity contribution in [2.75, 3.05) is 6.54 Å². The standard InChI is InChI=1S/C13H23N3O/c1-9(2)12(8-14-11-5-6-11)17-13-7-10(3)15-16(13)4/h7,9,11-12,14H,5-6,8H2,1-4H3. The minimum atomic E-state index is 0.213. The molecule has 0 spiro atoms. The van der Waals surface area contributed by atoms with E-state index < -0.39 is 0 Å². The Morgan fingerprint density at radius 1 is 1.53 bits per heavy atom. The molecule has 1 aromatic rings. The SMILES string of the molecule is Cc1cc(OC(CNC2CC2)C(C)C)n(C)n1. The highest BCUT2D eigenvalue weighted by molar-refractivity contribution is 5.15. The van der Waals surface area contributed by atoms with Crippen molar-refractivity contribution in [2.24, 2.45) is 13.0 Å². The molecule has 1 aromatic heterocycles. The van der Waals surface area contributed by atoms with E-state index in [1.165, 1.54) is 12.8 Å². The number of nitrogens with zero attached hydrogens (tertiary/aromatic N) is 2. The molecule has 1 fully saturated rings. The molecule has 2 rings (SSSR count). The van der Waals surface area contributed by atoms with Gasteiger partial charge in [0.25, 0.3) is 0 Å². The predicted octanol–water partition coefficient (Wildman–Crippen LogP) is 1.88. The van der Waals surface area contributed by atoms with Gasteiger partial charge in [-0.3, -0.25) is 0 Å². The molecule has 0 aliphatic heterocycles. The highest BCUT2D eigenvalue weighted by Gasteiger charge is 2.24. The number of hydrogen-bond donors (Lipinski definition) is 1. The lowest BCUT2D eigenvalue weighted by Crippen LogP contribution is -2.36. The van der Waals surface area contributed by atoms with Crippen LogP contribution in [-0.2, 0) is 7.05 Å². The normalized spacial score (nSPS) is 17.5. The number of aryl methyl sites for hydroxylation is 2. The summed E-state index contributed by atoms with van der Waals surface area (Å²) < 4.78 is 7.85. The topological polar surface area (TPSA) is 39.1 Å². The van der Waals surface area contributed by atoms with Crippen LogP contribution in [0.4, 0.5) is 0 Å². The van der Waals surface area contributed by atoms with Crippen LogP contribution in [0.2, 0.25) is 0 Å². The van der Waals surface area contributed by atoms with Crippen molar-refractivity contribution in [3.05, 3.63) is 11.8 Å². The van der Waals surface area contributed by atoms with Crippen LogP contribution in [0.25, 0.3) is 0 Å². The van der Waals surface area contributed by atoms with Gasteiger partial charge in [-0.05, 0) is 25.7 Å². The lowest BCUT2D eigenvalue weighted by atomic mass is 10.1. The molecule has 17 heavy (non-hydrogen) atoms. The molecule has 1 N–H and O–H groups in total. The fraction of sp³-hybridized carbons (Fsp3) is 0.769. The number of rotatable bonds is 6. The summed E-state index contributed by atoms with van der Waals surface area (Å²) in [6.07, 6.45) is 2.84. The molecular formula is C13H23N3O. The van der Waals surface area contributed by atoms with Crippen LogP contribution in [-0.4, -0.2) is 28.5 Å². The summed E-state index contributed by atoms with van der Waals surface area (Å²) in [6.45, 7) is 7.30. The van der Waals surface area contributed by atoms with Crippen molar-refractivity contribution in [3.63, 3.8) is 0 Å². The second kappa shape index (κ2) is 5.08. The molecular weight excluding hydrogens is 214 g/mol. The summed E-state index contributed by atoms with van der Waals surface area (Å²) >= 11 is 0. The van der Waals surface area contributed by atoms with Gasteiger partial charge >= 0.3 is 0 Å². The lowest BCUT2D eigenvalue weighted by Gasteiger charge is -2.22. The highest BCUT2D eigenvalue weighted by atomic mass is 16.5. The van der Waals surface area contributed by atoms with E-state index in [0.29, 0.717) is 5.92 Å². The van der Waals surface area contributed by atoms with Gasteiger partial charge in [0.05, 0.1) is 5.69 Å². The molecule has 1 saturated carbocycles. The zero-order chi connectivity index (χ0) is 12.4. The van der Waals surface area contributed by atoms with Gasteiger partial charge in [-0.15, -0.1) is 0 Å². The molecule has 0 amide bonds. The number of ether oxygens (including phenoxy) is 1. The predicted molar refractivity (Wildman–Crippen MR) is 68.2 cm³/mol. The first-order valence-corrected chi connectivity index (χ1v) is 6.47. The maximum atomic E-state index is 6.04. The Hall–Kier alpha value is -1.03. The van der Waals surface area contributed by atoms with Crippen LogP contribution < -0.4 is 10.1 Å².